The van der Waals surface area contributed by atoms with E-state index in [1.807, 2.05) is 0 Å². The van der Waals surface area contributed by atoms with Gasteiger partial charge in [-0.3, -0.25) is 0 Å². The first-order valence-electron chi connectivity index (χ1n) is 6.24. The Bertz CT molecular complexity index is 649. The lowest BCUT2D eigenvalue weighted by Gasteiger charge is -2.11. The van der Waals surface area contributed by atoms with Gasteiger partial charge in [-0.25, -0.2) is 9.97 Å². The monoisotopic (exact) mass is 296 g/mol. The van der Waals surface area contributed by atoms with Crippen LogP contribution in [0.1, 0.15) is 17.7 Å². The molecule has 1 heterocycles. The lowest BCUT2D eigenvalue weighted by molar-refractivity contribution is -0.0494. The van der Waals surface area contributed by atoms with Gasteiger partial charge >= 0.3 is 6.61 Å². The summed E-state index contributed by atoms with van der Waals surface area (Å²) in [4.78, 5) is 8.64. The molecule has 0 bridgehead atoms. The number of aromatic nitrogens is 2. The SMILES string of the molecule is FC(F)Oc1ccccc1-c1nc(Cl)c2c(n1)CCC2. The van der Waals surface area contributed by atoms with Crippen molar-refractivity contribution < 1.29 is 13.5 Å². The number of ether oxygens (including phenoxy) is 1. The number of rotatable bonds is 3. The third-order valence-electron chi connectivity index (χ3n) is 3.23. The first-order valence-corrected chi connectivity index (χ1v) is 6.62. The van der Waals surface area contributed by atoms with Crippen LogP contribution in [-0.4, -0.2) is 16.6 Å². The van der Waals surface area contributed by atoms with Gasteiger partial charge in [0.2, 0.25) is 0 Å². The Morgan fingerprint density at radius 3 is 2.75 bits per heavy atom. The summed E-state index contributed by atoms with van der Waals surface area (Å²) < 4.78 is 29.4. The molecular formula is C14H11ClF2N2O. The van der Waals surface area contributed by atoms with Crippen LogP contribution in [0.2, 0.25) is 5.15 Å². The molecule has 0 saturated heterocycles. The summed E-state index contributed by atoms with van der Waals surface area (Å²) in [6, 6.07) is 6.45. The van der Waals surface area contributed by atoms with Crippen molar-refractivity contribution in [3.8, 4) is 17.1 Å². The fraction of sp³-hybridized carbons (Fsp3) is 0.286. The van der Waals surface area contributed by atoms with Gasteiger partial charge in [0.15, 0.2) is 5.82 Å². The summed E-state index contributed by atoms with van der Waals surface area (Å²) >= 11 is 6.14. The predicted octanol–water partition coefficient (Wildman–Crippen LogP) is 3.89. The number of nitrogens with zero attached hydrogens (tertiary/aromatic N) is 2. The number of fused-ring (bicyclic) bond motifs is 1. The predicted molar refractivity (Wildman–Crippen MR) is 71.1 cm³/mol. The van der Waals surface area contributed by atoms with Crippen LogP contribution in [0, 0.1) is 0 Å². The molecule has 2 aromatic rings. The standard InChI is InChI=1S/C14H11ClF2N2O/c15-12-8-5-3-6-10(8)18-13(19-12)9-4-1-2-7-11(9)20-14(16)17/h1-2,4,7,14H,3,5-6H2. The maximum atomic E-state index is 12.4. The maximum Gasteiger partial charge on any atom is 0.387 e. The fourth-order valence-electron chi connectivity index (χ4n) is 2.36. The Kier molecular flexibility index (Phi) is 3.53. The average Bonchev–Trinajstić information content (AvgIpc) is 2.87. The zero-order valence-electron chi connectivity index (χ0n) is 10.4. The van der Waals surface area contributed by atoms with Gasteiger partial charge in [0.25, 0.3) is 0 Å². The van der Waals surface area contributed by atoms with Crippen LogP contribution < -0.4 is 4.74 Å². The second kappa shape index (κ2) is 5.32. The minimum absolute atomic E-state index is 0.0523. The highest BCUT2D eigenvalue weighted by molar-refractivity contribution is 6.30. The quantitative estimate of drug-likeness (QED) is 0.806. The van der Waals surface area contributed by atoms with Crippen molar-refractivity contribution in [2.45, 2.75) is 25.9 Å². The van der Waals surface area contributed by atoms with Crippen LogP contribution in [0.5, 0.6) is 5.75 Å². The minimum Gasteiger partial charge on any atom is -0.434 e. The third-order valence-corrected chi connectivity index (χ3v) is 3.54. The van der Waals surface area contributed by atoms with Gasteiger partial charge < -0.3 is 4.74 Å². The molecule has 1 aliphatic carbocycles. The Labute approximate surface area is 119 Å². The van der Waals surface area contributed by atoms with Gasteiger partial charge in [-0.05, 0) is 31.4 Å². The second-order valence-electron chi connectivity index (χ2n) is 4.49. The zero-order chi connectivity index (χ0) is 14.1. The molecule has 1 aromatic heterocycles. The molecule has 0 N–H and O–H groups in total. The van der Waals surface area contributed by atoms with Crippen molar-refractivity contribution >= 4 is 11.6 Å². The summed E-state index contributed by atoms with van der Waals surface area (Å²) in [5, 5.41) is 0.398. The molecule has 0 radical (unpaired) electrons. The largest absolute Gasteiger partial charge is 0.434 e. The van der Waals surface area contributed by atoms with Crippen molar-refractivity contribution in [1.82, 2.24) is 9.97 Å². The van der Waals surface area contributed by atoms with Gasteiger partial charge in [0, 0.05) is 11.3 Å². The van der Waals surface area contributed by atoms with E-state index in [2.05, 4.69) is 14.7 Å². The highest BCUT2D eigenvalue weighted by atomic mass is 35.5. The third kappa shape index (κ3) is 2.45. The van der Waals surface area contributed by atoms with Crippen LogP contribution >= 0.6 is 11.6 Å². The van der Waals surface area contributed by atoms with Crippen molar-refractivity contribution in [2.24, 2.45) is 0 Å². The molecule has 1 aromatic carbocycles. The molecule has 3 nitrogen and oxygen atoms in total. The first-order chi connectivity index (χ1) is 9.65. The molecule has 0 fully saturated rings. The number of hydrogen-bond acceptors (Lipinski definition) is 3. The molecule has 3 rings (SSSR count). The average molecular weight is 297 g/mol. The van der Waals surface area contributed by atoms with Crippen molar-refractivity contribution in [3.63, 3.8) is 0 Å². The Balaban J connectivity index is 2.07. The van der Waals surface area contributed by atoms with Gasteiger partial charge in [0.05, 0.1) is 5.56 Å². The van der Waals surface area contributed by atoms with E-state index < -0.39 is 6.61 Å². The summed E-state index contributed by atoms with van der Waals surface area (Å²) in [6.07, 6.45) is 2.69. The number of halogens is 3. The van der Waals surface area contributed by atoms with Crippen LogP contribution in [0.4, 0.5) is 8.78 Å². The molecular weight excluding hydrogens is 286 g/mol. The van der Waals surface area contributed by atoms with Crippen LogP contribution in [0.3, 0.4) is 0 Å². The van der Waals surface area contributed by atoms with E-state index >= 15 is 0 Å². The molecule has 6 heteroatoms. The molecule has 1 aliphatic rings. The molecule has 0 unspecified atom stereocenters. The summed E-state index contributed by atoms with van der Waals surface area (Å²) in [6.45, 7) is -2.89. The van der Waals surface area contributed by atoms with E-state index in [0.29, 0.717) is 16.5 Å². The number of benzene rings is 1. The van der Waals surface area contributed by atoms with E-state index in [1.165, 1.54) is 6.07 Å². The van der Waals surface area contributed by atoms with Crippen molar-refractivity contribution in [1.29, 1.82) is 0 Å². The molecule has 0 amide bonds. The number of alkyl halides is 2. The fourth-order valence-corrected chi connectivity index (χ4v) is 2.64. The van der Waals surface area contributed by atoms with Crippen LogP contribution in [0.15, 0.2) is 24.3 Å². The summed E-state index contributed by atoms with van der Waals surface area (Å²) in [5.74, 6) is 0.378. The summed E-state index contributed by atoms with van der Waals surface area (Å²) in [5.41, 5.74) is 2.28. The van der Waals surface area contributed by atoms with Gasteiger partial charge in [-0.15, -0.1) is 0 Å². The Morgan fingerprint density at radius 1 is 1.15 bits per heavy atom. The molecule has 0 atom stereocenters. The van der Waals surface area contributed by atoms with Crippen molar-refractivity contribution in [3.05, 3.63) is 40.7 Å². The van der Waals surface area contributed by atoms with Crippen LogP contribution in [-0.2, 0) is 12.8 Å². The van der Waals surface area contributed by atoms with Gasteiger partial charge in [-0.2, -0.15) is 8.78 Å². The highest BCUT2D eigenvalue weighted by Crippen LogP contribution is 2.33. The Hall–Kier alpha value is -1.75. The smallest absolute Gasteiger partial charge is 0.387 e. The second-order valence-corrected chi connectivity index (χ2v) is 4.85. The zero-order valence-corrected chi connectivity index (χ0v) is 11.2. The lowest BCUT2D eigenvalue weighted by Crippen LogP contribution is -2.04. The van der Waals surface area contributed by atoms with E-state index in [-0.39, 0.29) is 5.75 Å². The number of hydrogen-bond donors (Lipinski definition) is 0. The van der Waals surface area contributed by atoms with Crippen molar-refractivity contribution in [2.75, 3.05) is 0 Å². The Morgan fingerprint density at radius 2 is 1.95 bits per heavy atom. The van der Waals surface area contributed by atoms with Crippen LogP contribution in [0.25, 0.3) is 11.4 Å². The molecule has 0 saturated carbocycles. The minimum atomic E-state index is -2.89. The van der Waals surface area contributed by atoms with E-state index in [1.54, 1.807) is 18.2 Å². The number of para-hydroxylation sites is 1. The van der Waals surface area contributed by atoms with Gasteiger partial charge in [-0.1, -0.05) is 23.7 Å². The highest BCUT2D eigenvalue weighted by Gasteiger charge is 2.20. The van der Waals surface area contributed by atoms with E-state index in [0.717, 1.165) is 30.5 Å². The molecule has 0 spiro atoms. The van der Waals surface area contributed by atoms with E-state index in [4.69, 9.17) is 11.6 Å². The molecule has 104 valence electrons. The first kappa shape index (κ1) is 13.2. The number of aryl methyl sites for hydroxylation is 1. The lowest BCUT2D eigenvalue weighted by atomic mass is 10.1. The van der Waals surface area contributed by atoms with Gasteiger partial charge in [0.1, 0.15) is 10.9 Å². The summed E-state index contributed by atoms with van der Waals surface area (Å²) in [7, 11) is 0. The maximum absolute atomic E-state index is 12.4. The normalized spacial score (nSPS) is 13.6. The molecule has 0 aliphatic heterocycles. The molecule has 20 heavy (non-hydrogen) atoms. The topological polar surface area (TPSA) is 35.0 Å². The van der Waals surface area contributed by atoms with E-state index in [9.17, 15) is 8.78 Å².